The number of esters is 1. The van der Waals surface area contributed by atoms with Crippen molar-refractivity contribution >= 4 is 23.3 Å². The molecule has 7 heteroatoms. The second kappa shape index (κ2) is 9.53. The highest BCUT2D eigenvalue weighted by molar-refractivity contribution is 6.04. The van der Waals surface area contributed by atoms with Crippen LogP contribution in [0.5, 0.6) is 0 Å². The summed E-state index contributed by atoms with van der Waals surface area (Å²) >= 11 is 0. The fourth-order valence-electron chi connectivity index (χ4n) is 2.19. The summed E-state index contributed by atoms with van der Waals surface area (Å²) in [4.78, 5) is 30.2. The zero-order valence-corrected chi connectivity index (χ0v) is 15.3. The SMILES string of the molecule is CCOC(=O)c1ccc(NC(=O)c2cncc(NCCN(C)C)c2)cc1. The summed E-state index contributed by atoms with van der Waals surface area (Å²) in [7, 11) is 3.99. The van der Waals surface area contributed by atoms with E-state index in [-0.39, 0.29) is 11.9 Å². The van der Waals surface area contributed by atoms with E-state index >= 15 is 0 Å². The van der Waals surface area contributed by atoms with E-state index in [4.69, 9.17) is 4.74 Å². The molecule has 0 saturated heterocycles. The Morgan fingerprint density at radius 1 is 1.08 bits per heavy atom. The van der Waals surface area contributed by atoms with Gasteiger partial charge in [-0.2, -0.15) is 0 Å². The summed E-state index contributed by atoms with van der Waals surface area (Å²) in [5, 5.41) is 6.02. The Bertz CT molecular complexity index is 745. The van der Waals surface area contributed by atoms with Gasteiger partial charge in [0.1, 0.15) is 0 Å². The van der Waals surface area contributed by atoms with E-state index in [1.807, 2.05) is 14.1 Å². The van der Waals surface area contributed by atoms with Crippen molar-refractivity contribution in [3.8, 4) is 0 Å². The van der Waals surface area contributed by atoms with Crippen LogP contribution in [0.1, 0.15) is 27.6 Å². The molecule has 0 fully saturated rings. The number of hydrogen-bond donors (Lipinski definition) is 2. The number of amides is 1. The molecule has 0 spiro atoms. The number of nitrogens with one attached hydrogen (secondary N) is 2. The molecule has 0 unspecified atom stereocenters. The highest BCUT2D eigenvalue weighted by atomic mass is 16.5. The predicted octanol–water partition coefficient (Wildman–Crippen LogP) is 2.48. The molecule has 0 aliphatic heterocycles. The first-order chi connectivity index (χ1) is 12.5. The number of rotatable bonds is 8. The van der Waals surface area contributed by atoms with Crippen molar-refractivity contribution in [2.45, 2.75) is 6.92 Å². The van der Waals surface area contributed by atoms with Gasteiger partial charge in [-0.25, -0.2) is 4.79 Å². The molecule has 0 aliphatic rings. The molecule has 138 valence electrons. The maximum Gasteiger partial charge on any atom is 0.338 e. The van der Waals surface area contributed by atoms with Crippen molar-refractivity contribution < 1.29 is 14.3 Å². The first kappa shape index (κ1) is 19.4. The molecule has 26 heavy (non-hydrogen) atoms. The number of hydrogen-bond acceptors (Lipinski definition) is 6. The Labute approximate surface area is 153 Å². The van der Waals surface area contributed by atoms with Crippen molar-refractivity contribution in [3.63, 3.8) is 0 Å². The van der Waals surface area contributed by atoms with Crippen molar-refractivity contribution in [1.82, 2.24) is 9.88 Å². The minimum Gasteiger partial charge on any atom is -0.462 e. The van der Waals surface area contributed by atoms with E-state index in [1.54, 1.807) is 43.5 Å². The lowest BCUT2D eigenvalue weighted by molar-refractivity contribution is 0.0526. The second-order valence-electron chi connectivity index (χ2n) is 5.94. The largest absolute Gasteiger partial charge is 0.462 e. The Kier molecular flexibility index (Phi) is 7.11. The summed E-state index contributed by atoms with van der Waals surface area (Å²) in [5.74, 6) is -0.649. The van der Waals surface area contributed by atoms with Gasteiger partial charge in [0.05, 0.1) is 23.4 Å². The molecule has 0 bridgehead atoms. The van der Waals surface area contributed by atoms with Crippen molar-refractivity contribution in [2.75, 3.05) is 44.4 Å². The van der Waals surface area contributed by atoms with Gasteiger partial charge in [-0.15, -0.1) is 0 Å². The zero-order valence-electron chi connectivity index (χ0n) is 15.3. The minimum atomic E-state index is -0.383. The van der Waals surface area contributed by atoms with Gasteiger partial charge in [-0.05, 0) is 51.4 Å². The number of pyridine rings is 1. The molecule has 0 saturated carbocycles. The maximum absolute atomic E-state index is 12.4. The van der Waals surface area contributed by atoms with Gasteiger partial charge < -0.3 is 20.3 Å². The average Bonchev–Trinajstić information content (AvgIpc) is 2.62. The molecule has 1 aromatic carbocycles. The summed E-state index contributed by atoms with van der Waals surface area (Å²) in [6.07, 6.45) is 3.19. The third kappa shape index (κ3) is 5.86. The lowest BCUT2D eigenvalue weighted by Gasteiger charge is -2.12. The molecular weight excluding hydrogens is 332 g/mol. The van der Waals surface area contributed by atoms with Crippen LogP contribution in [0.4, 0.5) is 11.4 Å². The van der Waals surface area contributed by atoms with E-state index in [0.717, 1.165) is 18.8 Å². The highest BCUT2D eigenvalue weighted by Crippen LogP contribution is 2.14. The molecule has 7 nitrogen and oxygen atoms in total. The van der Waals surface area contributed by atoms with E-state index in [1.165, 1.54) is 6.20 Å². The smallest absolute Gasteiger partial charge is 0.338 e. The standard InChI is InChI=1S/C19H24N4O3/c1-4-26-19(25)14-5-7-16(8-6-14)22-18(24)15-11-17(13-20-12-15)21-9-10-23(2)3/h5-8,11-13,21H,4,9-10H2,1-3H3,(H,22,24). The number of carbonyl (C=O) groups excluding carboxylic acids is 2. The van der Waals surface area contributed by atoms with Gasteiger partial charge >= 0.3 is 5.97 Å². The molecule has 2 N–H and O–H groups in total. The van der Waals surface area contributed by atoms with Crippen LogP contribution in [0.15, 0.2) is 42.7 Å². The summed E-state index contributed by atoms with van der Waals surface area (Å²) < 4.78 is 4.93. The lowest BCUT2D eigenvalue weighted by Crippen LogP contribution is -2.21. The van der Waals surface area contributed by atoms with Crippen molar-refractivity contribution in [2.24, 2.45) is 0 Å². The monoisotopic (exact) mass is 356 g/mol. The molecule has 1 heterocycles. The topological polar surface area (TPSA) is 83.6 Å². The molecule has 2 aromatic rings. The third-order valence-electron chi connectivity index (χ3n) is 3.54. The van der Waals surface area contributed by atoms with Crippen molar-refractivity contribution in [1.29, 1.82) is 0 Å². The normalized spacial score (nSPS) is 10.5. The van der Waals surface area contributed by atoms with Crippen LogP contribution in [0.25, 0.3) is 0 Å². The zero-order chi connectivity index (χ0) is 18.9. The number of anilines is 2. The molecular formula is C19H24N4O3. The molecule has 0 aliphatic carbocycles. The summed E-state index contributed by atoms with van der Waals surface area (Å²) in [6, 6.07) is 8.31. The Hall–Kier alpha value is -2.93. The number of likely N-dealkylation sites (N-methyl/N-ethyl adjacent to an activating group) is 1. The average molecular weight is 356 g/mol. The van der Waals surface area contributed by atoms with Crippen LogP contribution in [0, 0.1) is 0 Å². The fraction of sp³-hybridized carbons (Fsp3) is 0.316. The van der Waals surface area contributed by atoms with E-state index in [0.29, 0.717) is 23.4 Å². The number of aromatic nitrogens is 1. The number of carbonyl (C=O) groups is 2. The van der Waals surface area contributed by atoms with Gasteiger partial charge in [0.25, 0.3) is 5.91 Å². The number of benzene rings is 1. The minimum absolute atomic E-state index is 0.266. The maximum atomic E-state index is 12.4. The molecule has 1 amide bonds. The summed E-state index contributed by atoms with van der Waals surface area (Å²) in [5.41, 5.74) is 2.28. The Balaban J connectivity index is 1.97. The molecule has 2 rings (SSSR count). The van der Waals surface area contributed by atoms with E-state index in [9.17, 15) is 9.59 Å². The van der Waals surface area contributed by atoms with Crippen LogP contribution < -0.4 is 10.6 Å². The quantitative estimate of drug-likeness (QED) is 0.707. The van der Waals surface area contributed by atoms with Crippen LogP contribution in [0.2, 0.25) is 0 Å². The molecule has 0 atom stereocenters. The van der Waals surface area contributed by atoms with Gasteiger partial charge in [0, 0.05) is 31.2 Å². The highest BCUT2D eigenvalue weighted by Gasteiger charge is 2.09. The van der Waals surface area contributed by atoms with Gasteiger partial charge in [0.15, 0.2) is 0 Å². The fourth-order valence-corrected chi connectivity index (χ4v) is 2.19. The number of nitrogens with zero attached hydrogens (tertiary/aromatic N) is 2. The van der Waals surface area contributed by atoms with Crippen LogP contribution >= 0.6 is 0 Å². The molecule has 1 aromatic heterocycles. The third-order valence-corrected chi connectivity index (χ3v) is 3.54. The molecule has 0 radical (unpaired) electrons. The van der Waals surface area contributed by atoms with Crippen molar-refractivity contribution in [3.05, 3.63) is 53.9 Å². The number of ether oxygens (including phenoxy) is 1. The summed E-state index contributed by atoms with van der Waals surface area (Å²) in [6.45, 7) is 3.71. The van der Waals surface area contributed by atoms with Crippen LogP contribution in [-0.2, 0) is 4.74 Å². The first-order valence-corrected chi connectivity index (χ1v) is 8.41. The Morgan fingerprint density at radius 2 is 1.81 bits per heavy atom. The Morgan fingerprint density at radius 3 is 2.46 bits per heavy atom. The van der Waals surface area contributed by atoms with Crippen LogP contribution in [-0.4, -0.2) is 55.6 Å². The predicted molar refractivity (Wildman–Crippen MR) is 102 cm³/mol. The second-order valence-corrected chi connectivity index (χ2v) is 5.94. The van der Waals surface area contributed by atoms with Crippen LogP contribution in [0.3, 0.4) is 0 Å². The first-order valence-electron chi connectivity index (χ1n) is 8.41. The van der Waals surface area contributed by atoms with Gasteiger partial charge in [-0.3, -0.25) is 9.78 Å². The van der Waals surface area contributed by atoms with Gasteiger partial charge in [-0.1, -0.05) is 0 Å². The van der Waals surface area contributed by atoms with E-state index < -0.39 is 0 Å². The van der Waals surface area contributed by atoms with E-state index in [2.05, 4.69) is 20.5 Å². The van der Waals surface area contributed by atoms with Gasteiger partial charge in [0.2, 0.25) is 0 Å². The lowest BCUT2D eigenvalue weighted by atomic mass is 10.2.